The number of likely N-dealkylation sites (N-methyl/N-ethyl adjacent to an activating group) is 1. The molecule has 1 unspecified atom stereocenters. The Hall–Kier alpha value is -4.02. The maximum absolute atomic E-state index is 12.5. The number of rotatable bonds is 8. The Balaban J connectivity index is 0.952. The van der Waals surface area contributed by atoms with Crippen LogP contribution in [0.15, 0.2) is 61.2 Å². The number of hydrogen-bond donors (Lipinski definition) is 2. The summed E-state index contributed by atoms with van der Waals surface area (Å²) in [6, 6.07) is 16.6. The van der Waals surface area contributed by atoms with Gasteiger partial charge in [0.05, 0.1) is 12.4 Å². The fourth-order valence-electron chi connectivity index (χ4n) is 5.54. The number of carbonyl (C=O) groups is 1. The van der Waals surface area contributed by atoms with Crippen molar-refractivity contribution in [2.75, 3.05) is 39.0 Å². The van der Waals surface area contributed by atoms with E-state index >= 15 is 0 Å². The van der Waals surface area contributed by atoms with Crippen LogP contribution in [0.5, 0.6) is 0 Å². The number of ether oxygens (including phenoxy) is 2. The number of nitrogens with one attached hydrogen (secondary N) is 1. The molecular weight excluding hydrogens is 482 g/mol. The summed E-state index contributed by atoms with van der Waals surface area (Å²) in [7, 11) is 2.02. The van der Waals surface area contributed by atoms with Gasteiger partial charge in [-0.2, -0.15) is 0 Å². The third kappa shape index (κ3) is 4.68. The summed E-state index contributed by atoms with van der Waals surface area (Å²) in [6.45, 7) is 2.25. The maximum atomic E-state index is 12.5. The molecule has 0 spiro atoms. The van der Waals surface area contributed by atoms with Crippen molar-refractivity contribution in [1.29, 1.82) is 0 Å². The molecule has 3 N–H and O–H groups in total. The van der Waals surface area contributed by atoms with Gasteiger partial charge in [-0.25, -0.2) is 19.7 Å². The first kappa shape index (κ1) is 24.3. The molecule has 2 aromatic heterocycles. The number of aromatic nitrogens is 4. The van der Waals surface area contributed by atoms with Crippen molar-refractivity contribution in [3.05, 3.63) is 72.3 Å². The van der Waals surface area contributed by atoms with Crippen LogP contribution in [-0.4, -0.2) is 69.9 Å². The number of imidazole rings is 1. The number of hydrogen-bond acceptors (Lipinski definition) is 8. The van der Waals surface area contributed by atoms with Crippen molar-refractivity contribution in [2.24, 2.45) is 0 Å². The molecule has 6 rings (SSSR count). The quantitative estimate of drug-likeness (QED) is 0.367. The number of anilines is 1. The Labute approximate surface area is 220 Å². The summed E-state index contributed by atoms with van der Waals surface area (Å²) in [5.41, 5.74) is 12.0. The van der Waals surface area contributed by atoms with Crippen molar-refractivity contribution in [3.8, 4) is 11.1 Å². The van der Waals surface area contributed by atoms with E-state index in [-0.39, 0.29) is 18.2 Å². The highest BCUT2D eigenvalue weighted by atomic mass is 16.5. The molecular formula is C28H31N7O3. The summed E-state index contributed by atoms with van der Waals surface area (Å²) in [5, 5.41) is 2.88. The molecule has 38 heavy (non-hydrogen) atoms. The number of nitrogen functional groups attached to an aromatic ring is 1. The first-order valence-electron chi connectivity index (χ1n) is 12.9. The van der Waals surface area contributed by atoms with Crippen LogP contribution in [-0.2, 0) is 9.47 Å². The molecule has 0 saturated carbocycles. The molecule has 2 aromatic carbocycles. The van der Waals surface area contributed by atoms with Crippen LogP contribution in [0.4, 0.5) is 10.6 Å². The third-order valence-electron chi connectivity index (χ3n) is 7.40. The summed E-state index contributed by atoms with van der Waals surface area (Å²) >= 11 is 0. The van der Waals surface area contributed by atoms with E-state index in [9.17, 15) is 4.79 Å². The van der Waals surface area contributed by atoms with Gasteiger partial charge in [0.2, 0.25) is 0 Å². The lowest BCUT2D eigenvalue weighted by atomic mass is 9.98. The van der Waals surface area contributed by atoms with E-state index in [2.05, 4.69) is 49.4 Å². The predicted octanol–water partition coefficient (Wildman–Crippen LogP) is 3.56. The number of fused-ring (bicyclic) bond motifs is 4. The Morgan fingerprint density at radius 3 is 2.61 bits per heavy atom. The largest absolute Gasteiger partial charge is 0.449 e. The van der Waals surface area contributed by atoms with Crippen LogP contribution in [0.3, 0.4) is 0 Å². The second kappa shape index (κ2) is 10.4. The van der Waals surface area contributed by atoms with Crippen LogP contribution in [0.2, 0.25) is 0 Å². The Morgan fingerprint density at radius 2 is 1.84 bits per heavy atom. The van der Waals surface area contributed by atoms with Crippen molar-refractivity contribution in [1.82, 2.24) is 29.7 Å². The second-order valence-corrected chi connectivity index (χ2v) is 9.89. The molecule has 2 atom stereocenters. The van der Waals surface area contributed by atoms with Gasteiger partial charge in [0.15, 0.2) is 11.5 Å². The van der Waals surface area contributed by atoms with Gasteiger partial charge in [0, 0.05) is 25.6 Å². The summed E-state index contributed by atoms with van der Waals surface area (Å²) in [4.78, 5) is 27.3. The van der Waals surface area contributed by atoms with Crippen LogP contribution < -0.4 is 11.1 Å². The van der Waals surface area contributed by atoms with Gasteiger partial charge in [0.25, 0.3) is 0 Å². The summed E-state index contributed by atoms with van der Waals surface area (Å²) in [6.07, 6.45) is 4.50. The van der Waals surface area contributed by atoms with E-state index in [0.717, 1.165) is 19.4 Å². The fourth-order valence-corrected chi connectivity index (χ4v) is 5.54. The van der Waals surface area contributed by atoms with E-state index in [1.54, 1.807) is 6.33 Å². The van der Waals surface area contributed by atoms with E-state index in [1.165, 1.54) is 28.6 Å². The summed E-state index contributed by atoms with van der Waals surface area (Å²) < 4.78 is 13.8. The molecule has 10 heteroatoms. The van der Waals surface area contributed by atoms with Gasteiger partial charge in [0.1, 0.15) is 24.7 Å². The zero-order valence-corrected chi connectivity index (χ0v) is 21.3. The first-order valence-corrected chi connectivity index (χ1v) is 12.9. The Morgan fingerprint density at radius 1 is 1.11 bits per heavy atom. The van der Waals surface area contributed by atoms with Gasteiger partial charge in [-0.3, -0.25) is 4.57 Å². The normalized spacial score (nSPS) is 18.6. The van der Waals surface area contributed by atoms with Gasteiger partial charge in [-0.15, -0.1) is 0 Å². The van der Waals surface area contributed by atoms with E-state index < -0.39 is 6.09 Å². The van der Waals surface area contributed by atoms with Crippen LogP contribution in [0, 0.1) is 0 Å². The molecule has 1 amide bonds. The topological polar surface area (TPSA) is 120 Å². The van der Waals surface area contributed by atoms with Gasteiger partial charge in [-0.1, -0.05) is 48.5 Å². The number of nitrogens with zero attached hydrogens (tertiary/aromatic N) is 5. The molecule has 0 radical (unpaired) electrons. The van der Waals surface area contributed by atoms with Crippen molar-refractivity contribution in [2.45, 2.75) is 31.1 Å². The molecule has 1 fully saturated rings. The highest BCUT2D eigenvalue weighted by Gasteiger charge is 2.30. The first-order chi connectivity index (χ1) is 18.6. The third-order valence-corrected chi connectivity index (χ3v) is 7.40. The molecule has 2 aliphatic rings. The summed E-state index contributed by atoms with van der Waals surface area (Å²) in [5.74, 6) is 0.422. The molecule has 4 aromatic rings. The lowest BCUT2D eigenvalue weighted by Gasteiger charge is -2.22. The maximum Gasteiger partial charge on any atom is 0.407 e. The highest BCUT2D eigenvalue weighted by molar-refractivity contribution is 5.81. The predicted molar refractivity (Wildman–Crippen MR) is 143 cm³/mol. The highest BCUT2D eigenvalue weighted by Crippen LogP contribution is 2.44. The van der Waals surface area contributed by atoms with E-state index in [0.29, 0.717) is 36.7 Å². The fraction of sp³-hybridized carbons (Fsp3) is 0.357. The Kier molecular flexibility index (Phi) is 6.65. The molecule has 1 aliphatic carbocycles. The van der Waals surface area contributed by atoms with Crippen LogP contribution >= 0.6 is 0 Å². The zero-order valence-electron chi connectivity index (χ0n) is 21.3. The van der Waals surface area contributed by atoms with Gasteiger partial charge >= 0.3 is 6.09 Å². The molecule has 0 bridgehead atoms. The number of amides is 1. The van der Waals surface area contributed by atoms with Gasteiger partial charge in [-0.05, 0) is 42.1 Å². The van der Waals surface area contributed by atoms with Crippen molar-refractivity contribution >= 4 is 23.1 Å². The van der Waals surface area contributed by atoms with E-state index in [1.807, 2.05) is 35.9 Å². The standard InChI is InChI=1S/C28H31N7O3/c1-34(14-18-10-11-24(38-18)35-17-33-25-26(29)31-16-32-27(25)35)13-12-30-28(36)37-15-23-21-8-4-2-6-19(21)20-7-3-5-9-22(20)23/h2-9,16-18,23-24H,10-15H2,1H3,(H,30,36)(H2,29,31,32)/t18?,24-/m1/s1. The molecule has 196 valence electrons. The van der Waals surface area contributed by atoms with Gasteiger partial charge < -0.3 is 25.4 Å². The number of benzene rings is 2. The Bertz CT molecular complexity index is 1410. The van der Waals surface area contributed by atoms with E-state index in [4.69, 9.17) is 15.2 Å². The SMILES string of the molecule is CN(CCNC(=O)OCC1c2ccccc2-c2ccccc21)CC1CC[C@H](n2cnc3c(N)ncnc32)O1. The number of nitrogens with two attached hydrogens (primary N) is 1. The van der Waals surface area contributed by atoms with Crippen molar-refractivity contribution < 1.29 is 14.3 Å². The monoisotopic (exact) mass is 513 g/mol. The second-order valence-electron chi connectivity index (χ2n) is 9.89. The van der Waals surface area contributed by atoms with Crippen LogP contribution in [0.25, 0.3) is 22.3 Å². The average Bonchev–Trinajstić information content (AvgIpc) is 3.64. The minimum Gasteiger partial charge on any atom is -0.449 e. The minimum atomic E-state index is -0.398. The minimum absolute atomic E-state index is 0.0544. The number of carbonyl (C=O) groups excluding carboxylic acids is 1. The lowest BCUT2D eigenvalue weighted by molar-refractivity contribution is -0.00826. The average molecular weight is 514 g/mol. The smallest absolute Gasteiger partial charge is 0.407 e. The van der Waals surface area contributed by atoms with Crippen LogP contribution in [0.1, 0.15) is 36.1 Å². The zero-order chi connectivity index (χ0) is 26.1. The molecule has 3 heterocycles. The van der Waals surface area contributed by atoms with Crippen molar-refractivity contribution in [3.63, 3.8) is 0 Å². The molecule has 1 saturated heterocycles. The molecule has 10 nitrogen and oxygen atoms in total. The lowest BCUT2D eigenvalue weighted by Crippen LogP contribution is -2.37. The molecule has 1 aliphatic heterocycles. The number of alkyl carbamates (subject to hydrolysis) is 1.